The lowest BCUT2D eigenvalue weighted by atomic mass is 10.1. The largest absolute Gasteiger partial charge is 0.493 e. The van der Waals surface area contributed by atoms with E-state index < -0.39 is 14.9 Å². The van der Waals surface area contributed by atoms with E-state index in [4.69, 9.17) is 27.0 Å². The van der Waals surface area contributed by atoms with E-state index in [2.05, 4.69) is 0 Å². The van der Waals surface area contributed by atoms with Gasteiger partial charge in [0.05, 0.1) is 17.4 Å². The quantitative estimate of drug-likeness (QED) is 0.714. The first kappa shape index (κ1) is 16.5. The van der Waals surface area contributed by atoms with Gasteiger partial charge in [0, 0.05) is 22.7 Å². The van der Waals surface area contributed by atoms with Crippen molar-refractivity contribution < 1.29 is 17.5 Å². The van der Waals surface area contributed by atoms with Crippen molar-refractivity contribution in [2.75, 3.05) is 12.4 Å². The Bertz CT molecular complexity index is 520. The summed E-state index contributed by atoms with van der Waals surface area (Å²) in [4.78, 5) is 0. The van der Waals surface area contributed by atoms with Gasteiger partial charge in [-0.2, -0.15) is 0 Å². The zero-order valence-corrected chi connectivity index (χ0v) is 12.7. The maximum absolute atomic E-state index is 13.0. The number of hydrogen-bond acceptors (Lipinski definition) is 3. The van der Waals surface area contributed by atoms with Crippen molar-refractivity contribution >= 4 is 31.3 Å². The zero-order valence-electron chi connectivity index (χ0n) is 10.4. The third-order valence-corrected chi connectivity index (χ3v) is 4.05. The van der Waals surface area contributed by atoms with Crippen molar-refractivity contribution in [2.24, 2.45) is 5.92 Å². The van der Waals surface area contributed by atoms with E-state index >= 15 is 0 Å². The molecule has 0 amide bonds. The molecule has 0 aliphatic rings. The summed E-state index contributed by atoms with van der Waals surface area (Å²) in [5, 5.41) is -0.0329. The molecule has 0 radical (unpaired) electrons. The summed E-state index contributed by atoms with van der Waals surface area (Å²) in [7, 11) is 1.68. The molecule has 19 heavy (non-hydrogen) atoms. The van der Waals surface area contributed by atoms with Crippen LogP contribution >= 0.6 is 22.3 Å². The lowest BCUT2D eigenvalue weighted by molar-refractivity contribution is 0.252. The molecule has 1 aromatic rings. The minimum atomic E-state index is -3.56. The van der Waals surface area contributed by atoms with Crippen molar-refractivity contribution in [3.05, 3.63) is 29.0 Å². The van der Waals surface area contributed by atoms with Gasteiger partial charge >= 0.3 is 0 Å². The maximum atomic E-state index is 13.0. The highest BCUT2D eigenvalue weighted by Gasteiger charge is 2.17. The van der Waals surface area contributed by atoms with Gasteiger partial charge in [-0.3, -0.25) is 0 Å². The van der Waals surface area contributed by atoms with Crippen LogP contribution in [0.25, 0.3) is 0 Å². The third-order valence-electron chi connectivity index (χ3n) is 2.51. The zero-order chi connectivity index (χ0) is 14.5. The van der Waals surface area contributed by atoms with Crippen LogP contribution < -0.4 is 4.74 Å². The first-order valence-electron chi connectivity index (χ1n) is 5.82. The molecular weight excluding hydrogens is 314 g/mol. The number of halogens is 3. The first-order chi connectivity index (χ1) is 8.81. The van der Waals surface area contributed by atoms with Gasteiger partial charge < -0.3 is 4.74 Å². The van der Waals surface area contributed by atoms with Crippen LogP contribution in [-0.4, -0.2) is 20.8 Å². The Labute approximate surface area is 122 Å². The molecule has 0 fully saturated rings. The van der Waals surface area contributed by atoms with Gasteiger partial charge in [0.1, 0.15) is 11.6 Å². The average Bonchev–Trinajstić information content (AvgIpc) is 2.29. The molecule has 0 saturated heterocycles. The Balaban J connectivity index is 2.62. The predicted molar refractivity (Wildman–Crippen MR) is 74.9 cm³/mol. The summed E-state index contributed by atoms with van der Waals surface area (Å²) in [5.41, 5.74) is 0. The van der Waals surface area contributed by atoms with Crippen LogP contribution in [0.3, 0.4) is 0 Å². The van der Waals surface area contributed by atoms with E-state index in [-0.39, 0.29) is 23.3 Å². The minimum Gasteiger partial charge on any atom is -0.493 e. The summed E-state index contributed by atoms with van der Waals surface area (Å²) in [6.45, 7) is 2.14. The lowest BCUT2D eigenvalue weighted by Gasteiger charge is -2.15. The fourth-order valence-electron chi connectivity index (χ4n) is 1.69. The summed E-state index contributed by atoms with van der Waals surface area (Å²) in [5.74, 6) is -0.463. The summed E-state index contributed by atoms with van der Waals surface area (Å²) >= 11 is 5.62. The van der Waals surface area contributed by atoms with Crippen LogP contribution in [0.1, 0.15) is 19.8 Å². The molecule has 1 unspecified atom stereocenters. The molecule has 0 aliphatic heterocycles. The molecule has 0 aromatic heterocycles. The second kappa shape index (κ2) is 7.31. The Hall–Kier alpha value is -0.520. The van der Waals surface area contributed by atoms with Gasteiger partial charge in [-0.05, 0) is 18.6 Å². The summed E-state index contributed by atoms with van der Waals surface area (Å²) < 4.78 is 40.5. The van der Waals surface area contributed by atoms with Crippen LogP contribution in [0.15, 0.2) is 18.2 Å². The van der Waals surface area contributed by atoms with Gasteiger partial charge in [0.2, 0.25) is 9.05 Å². The highest BCUT2D eigenvalue weighted by Crippen LogP contribution is 2.22. The topological polar surface area (TPSA) is 43.4 Å². The maximum Gasteiger partial charge on any atom is 0.232 e. The Morgan fingerprint density at radius 1 is 1.42 bits per heavy atom. The molecule has 0 heterocycles. The van der Waals surface area contributed by atoms with Crippen molar-refractivity contribution in [2.45, 2.75) is 19.8 Å². The number of ether oxygens (including phenoxy) is 1. The van der Waals surface area contributed by atoms with Gasteiger partial charge in [-0.15, -0.1) is 0 Å². The highest BCUT2D eigenvalue weighted by atomic mass is 35.7. The van der Waals surface area contributed by atoms with Crippen LogP contribution in [0, 0.1) is 11.7 Å². The Morgan fingerprint density at radius 2 is 2.11 bits per heavy atom. The van der Waals surface area contributed by atoms with Crippen LogP contribution in [-0.2, 0) is 9.05 Å². The smallest absolute Gasteiger partial charge is 0.232 e. The predicted octanol–water partition coefficient (Wildman–Crippen LogP) is 3.84. The molecular formula is C12H15Cl2FO3S. The third kappa shape index (κ3) is 6.45. The molecule has 1 aromatic carbocycles. The molecule has 0 saturated carbocycles. The second-order valence-electron chi connectivity index (χ2n) is 4.25. The number of rotatable bonds is 7. The van der Waals surface area contributed by atoms with Crippen molar-refractivity contribution in [3.8, 4) is 5.75 Å². The molecule has 1 rings (SSSR count). The van der Waals surface area contributed by atoms with Crippen molar-refractivity contribution in [1.82, 2.24) is 0 Å². The van der Waals surface area contributed by atoms with Gasteiger partial charge in [0.15, 0.2) is 0 Å². The van der Waals surface area contributed by atoms with E-state index in [1.165, 1.54) is 18.2 Å². The van der Waals surface area contributed by atoms with E-state index in [0.717, 1.165) is 6.42 Å². The van der Waals surface area contributed by atoms with Gasteiger partial charge in [0.25, 0.3) is 0 Å². The summed E-state index contributed by atoms with van der Waals surface area (Å²) in [6.07, 6.45) is 1.51. The molecule has 3 nitrogen and oxygen atoms in total. The first-order valence-corrected chi connectivity index (χ1v) is 8.67. The minimum absolute atomic E-state index is 0.0329. The molecule has 0 spiro atoms. The molecule has 1 atom stereocenters. The molecule has 0 bridgehead atoms. The number of benzene rings is 1. The molecule has 7 heteroatoms. The average molecular weight is 329 g/mol. The second-order valence-corrected chi connectivity index (χ2v) is 7.48. The van der Waals surface area contributed by atoms with Gasteiger partial charge in [-0.1, -0.05) is 24.9 Å². The highest BCUT2D eigenvalue weighted by molar-refractivity contribution is 8.13. The monoisotopic (exact) mass is 328 g/mol. The number of hydrogen-bond donors (Lipinski definition) is 0. The summed E-state index contributed by atoms with van der Waals surface area (Å²) in [6, 6.07) is 4.00. The fraction of sp³-hybridized carbons (Fsp3) is 0.500. The standard InChI is InChI=1S/C12H15Cl2FO3S/c1-2-3-9(8-19(14,16)17)7-18-10-4-5-12(15)11(13)6-10/h4-6,9H,2-3,7-8H2,1H3. The molecule has 0 aliphatic carbocycles. The lowest BCUT2D eigenvalue weighted by Crippen LogP contribution is -2.19. The van der Waals surface area contributed by atoms with Gasteiger partial charge in [-0.25, -0.2) is 12.8 Å². The normalized spacial score (nSPS) is 13.3. The SMILES string of the molecule is CCCC(COc1ccc(F)c(Cl)c1)CS(=O)(=O)Cl. The van der Waals surface area contributed by atoms with E-state index in [1.807, 2.05) is 6.92 Å². The van der Waals surface area contributed by atoms with E-state index in [9.17, 15) is 12.8 Å². The Morgan fingerprint density at radius 3 is 2.63 bits per heavy atom. The van der Waals surface area contributed by atoms with E-state index in [0.29, 0.717) is 12.2 Å². The molecule has 0 N–H and O–H groups in total. The van der Waals surface area contributed by atoms with Crippen LogP contribution in [0.5, 0.6) is 5.75 Å². The van der Waals surface area contributed by atoms with E-state index in [1.54, 1.807) is 0 Å². The van der Waals surface area contributed by atoms with Crippen molar-refractivity contribution in [1.29, 1.82) is 0 Å². The van der Waals surface area contributed by atoms with Crippen LogP contribution in [0.2, 0.25) is 5.02 Å². The fourth-order valence-corrected chi connectivity index (χ4v) is 3.22. The molecule has 108 valence electrons. The van der Waals surface area contributed by atoms with Crippen molar-refractivity contribution in [3.63, 3.8) is 0 Å². The Kier molecular flexibility index (Phi) is 6.36. The van der Waals surface area contributed by atoms with Crippen LogP contribution in [0.4, 0.5) is 4.39 Å².